The van der Waals surface area contributed by atoms with Crippen LogP contribution in [0, 0.1) is 18.8 Å². The Morgan fingerprint density at radius 2 is 2.32 bits per heavy atom. The lowest BCUT2D eigenvalue weighted by Crippen LogP contribution is -2.43. The average Bonchev–Trinajstić information content (AvgIpc) is 3.33. The molecule has 2 fully saturated rings. The van der Waals surface area contributed by atoms with Crippen LogP contribution in [0.15, 0.2) is 28.2 Å². The van der Waals surface area contributed by atoms with E-state index in [4.69, 9.17) is 4.52 Å². The number of likely N-dealkylation sites (tertiary alicyclic amines) is 1. The molecule has 1 saturated carbocycles. The van der Waals surface area contributed by atoms with E-state index < -0.39 is 0 Å². The lowest BCUT2D eigenvalue weighted by molar-refractivity contribution is 0.0769. The summed E-state index contributed by atoms with van der Waals surface area (Å²) in [7, 11) is 2.24. The van der Waals surface area contributed by atoms with Gasteiger partial charge in [0.15, 0.2) is 0 Å². The van der Waals surface area contributed by atoms with Gasteiger partial charge in [-0.05, 0) is 50.1 Å². The highest BCUT2D eigenvalue weighted by molar-refractivity contribution is 7.09. The summed E-state index contributed by atoms with van der Waals surface area (Å²) in [6.45, 7) is 4.54. The van der Waals surface area contributed by atoms with E-state index in [-0.39, 0.29) is 5.91 Å². The molecule has 0 aromatic carbocycles. The van der Waals surface area contributed by atoms with Crippen LogP contribution >= 0.6 is 11.3 Å². The molecular weight excluding hydrogens is 334 g/mol. The van der Waals surface area contributed by atoms with Crippen LogP contribution < -0.4 is 0 Å². The highest BCUT2D eigenvalue weighted by atomic mass is 32.1. The summed E-state index contributed by atoms with van der Waals surface area (Å²) in [5, 5.41) is 5.90. The third-order valence-electron chi connectivity index (χ3n) is 5.88. The number of aromatic nitrogens is 1. The number of hydrogen-bond acceptors (Lipinski definition) is 5. The fraction of sp³-hybridized carbons (Fsp3) is 0.579. The smallest absolute Gasteiger partial charge is 0.259 e. The molecule has 2 aromatic heterocycles. The number of fused-ring (bicyclic) bond motifs is 1. The molecule has 1 aliphatic heterocycles. The number of aryl methyl sites for hydroxylation is 1. The molecule has 1 aliphatic carbocycles. The van der Waals surface area contributed by atoms with E-state index in [9.17, 15) is 4.79 Å². The van der Waals surface area contributed by atoms with Crippen LogP contribution in [0.1, 0.15) is 40.3 Å². The number of hydrogen-bond donors (Lipinski definition) is 0. The van der Waals surface area contributed by atoms with Crippen molar-refractivity contribution < 1.29 is 9.32 Å². The van der Waals surface area contributed by atoms with Gasteiger partial charge in [-0.25, -0.2) is 0 Å². The molecule has 25 heavy (non-hydrogen) atoms. The van der Waals surface area contributed by atoms with Crippen molar-refractivity contribution in [2.75, 3.05) is 20.1 Å². The second kappa shape index (κ2) is 6.92. The van der Waals surface area contributed by atoms with Crippen LogP contribution in [-0.4, -0.2) is 47.0 Å². The third-order valence-corrected chi connectivity index (χ3v) is 6.74. The molecule has 6 heteroatoms. The monoisotopic (exact) mass is 359 g/mol. The first-order valence-electron chi connectivity index (χ1n) is 9.06. The van der Waals surface area contributed by atoms with Crippen molar-refractivity contribution in [1.82, 2.24) is 15.0 Å². The van der Waals surface area contributed by atoms with Crippen molar-refractivity contribution in [2.24, 2.45) is 11.8 Å². The Balaban J connectivity index is 1.46. The molecule has 1 saturated heterocycles. The number of thiophene rings is 1. The molecule has 4 rings (SSSR count). The van der Waals surface area contributed by atoms with Crippen molar-refractivity contribution in [3.63, 3.8) is 0 Å². The average molecular weight is 359 g/mol. The summed E-state index contributed by atoms with van der Waals surface area (Å²) in [5.74, 6) is 1.88. The number of amides is 1. The standard InChI is InChI=1S/C19H25N3O2S/c1-13-16(9-20-24-13)19(23)22-10-14-5-3-7-18(17(14)12-22)21(2)11-15-6-4-8-25-15/h4,6,8-9,14,17-18H,3,5,7,10-12H2,1-2H3/t14-,17+,18-/m1/s1. The van der Waals surface area contributed by atoms with Gasteiger partial charge < -0.3 is 9.42 Å². The molecule has 2 aliphatic rings. The van der Waals surface area contributed by atoms with E-state index in [2.05, 4.69) is 34.6 Å². The normalized spacial score (nSPS) is 26.2. The predicted octanol–water partition coefficient (Wildman–Crippen LogP) is 3.42. The zero-order valence-electron chi connectivity index (χ0n) is 14.9. The third kappa shape index (κ3) is 3.25. The van der Waals surface area contributed by atoms with Crippen LogP contribution in [0.3, 0.4) is 0 Å². The minimum Gasteiger partial charge on any atom is -0.361 e. The van der Waals surface area contributed by atoms with Gasteiger partial charge in [-0.3, -0.25) is 9.69 Å². The molecular formula is C19H25N3O2S. The van der Waals surface area contributed by atoms with Crippen LogP contribution in [0.25, 0.3) is 0 Å². The van der Waals surface area contributed by atoms with Gasteiger partial charge >= 0.3 is 0 Å². The van der Waals surface area contributed by atoms with Crippen molar-refractivity contribution in [2.45, 2.75) is 38.8 Å². The molecule has 3 heterocycles. The van der Waals surface area contributed by atoms with E-state index in [1.807, 2.05) is 16.2 Å². The predicted molar refractivity (Wildman–Crippen MR) is 97.5 cm³/mol. The van der Waals surface area contributed by atoms with E-state index in [1.54, 1.807) is 13.1 Å². The van der Waals surface area contributed by atoms with E-state index >= 15 is 0 Å². The Kier molecular flexibility index (Phi) is 4.65. The van der Waals surface area contributed by atoms with Gasteiger partial charge in [-0.1, -0.05) is 17.6 Å². The Bertz CT molecular complexity index is 727. The number of rotatable bonds is 4. The highest BCUT2D eigenvalue weighted by Crippen LogP contribution is 2.39. The summed E-state index contributed by atoms with van der Waals surface area (Å²) in [5.41, 5.74) is 0.613. The summed E-state index contributed by atoms with van der Waals surface area (Å²) in [6, 6.07) is 4.89. The maximum atomic E-state index is 12.8. The van der Waals surface area contributed by atoms with Gasteiger partial charge in [0.05, 0.1) is 6.20 Å². The second-order valence-electron chi connectivity index (χ2n) is 7.42. The maximum absolute atomic E-state index is 12.8. The summed E-state index contributed by atoms with van der Waals surface area (Å²) in [6.07, 6.45) is 5.28. The van der Waals surface area contributed by atoms with Crippen LogP contribution in [0.4, 0.5) is 0 Å². The van der Waals surface area contributed by atoms with Crippen LogP contribution in [0.5, 0.6) is 0 Å². The highest BCUT2D eigenvalue weighted by Gasteiger charge is 2.43. The quantitative estimate of drug-likeness (QED) is 0.839. The van der Waals surface area contributed by atoms with E-state index in [0.29, 0.717) is 29.2 Å². The minimum atomic E-state index is 0.0767. The van der Waals surface area contributed by atoms with Gasteiger partial charge in [0.25, 0.3) is 5.91 Å². The van der Waals surface area contributed by atoms with Gasteiger partial charge in [-0.2, -0.15) is 0 Å². The van der Waals surface area contributed by atoms with Gasteiger partial charge in [-0.15, -0.1) is 11.3 Å². The van der Waals surface area contributed by atoms with Crippen LogP contribution in [-0.2, 0) is 6.54 Å². The van der Waals surface area contributed by atoms with Gasteiger partial charge in [0, 0.05) is 30.6 Å². The summed E-state index contributed by atoms with van der Waals surface area (Å²) < 4.78 is 5.08. The fourth-order valence-corrected chi connectivity index (χ4v) is 5.36. The van der Waals surface area contributed by atoms with E-state index in [1.165, 1.54) is 24.1 Å². The molecule has 134 valence electrons. The van der Waals surface area contributed by atoms with E-state index in [0.717, 1.165) is 19.6 Å². The first-order valence-corrected chi connectivity index (χ1v) is 9.94. The molecule has 0 spiro atoms. The first kappa shape index (κ1) is 16.8. The topological polar surface area (TPSA) is 49.6 Å². The molecule has 0 N–H and O–H groups in total. The molecule has 0 bridgehead atoms. The maximum Gasteiger partial charge on any atom is 0.259 e. The SMILES string of the molecule is Cc1oncc1C(=O)N1C[C@H]2CCC[C@@H](N(C)Cc3cccs3)[C@H]2C1. The Hall–Kier alpha value is -1.66. The molecule has 0 radical (unpaired) electrons. The number of carbonyl (C=O) groups is 1. The Labute approximate surface area is 152 Å². The Morgan fingerprint density at radius 1 is 1.44 bits per heavy atom. The fourth-order valence-electron chi connectivity index (χ4n) is 4.59. The molecule has 3 atom stereocenters. The lowest BCUT2D eigenvalue weighted by atomic mass is 9.77. The number of nitrogens with zero attached hydrogens (tertiary/aromatic N) is 3. The zero-order valence-corrected chi connectivity index (χ0v) is 15.7. The molecule has 1 amide bonds. The van der Waals surface area contributed by atoms with Crippen molar-refractivity contribution in [1.29, 1.82) is 0 Å². The van der Waals surface area contributed by atoms with Gasteiger partial charge in [0.2, 0.25) is 0 Å². The lowest BCUT2D eigenvalue weighted by Gasteiger charge is -2.38. The van der Waals surface area contributed by atoms with Crippen LogP contribution in [0.2, 0.25) is 0 Å². The molecule has 2 aromatic rings. The second-order valence-corrected chi connectivity index (χ2v) is 8.45. The molecule has 0 unspecified atom stereocenters. The summed E-state index contributed by atoms with van der Waals surface area (Å²) in [4.78, 5) is 18.8. The van der Waals surface area contributed by atoms with Crippen molar-refractivity contribution in [3.05, 3.63) is 39.9 Å². The minimum absolute atomic E-state index is 0.0767. The number of carbonyl (C=O) groups excluding carboxylic acids is 1. The van der Waals surface area contributed by atoms with Crippen molar-refractivity contribution >= 4 is 17.2 Å². The Morgan fingerprint density at radius 3 is 3.04 bits per heavy atom. The molecule has 5 nitrogen and oxygen atoms in total. The summed E-state index contributed by atoms with van der Waals surface area (Å²) >= 11 is 1.82. The van der Waals surface area contributed by atoms with Gasteiger partial charge in [0.1, 0.15) is 11.3 Å². The zero-order chi connectivity index (χ0) is 17.4. The largest absolute Gasteiger partial charge is 0.361 e. The van der Waals surface area contributed by atoms with Crippen molar-refractivity contribution in [3.8, 4) is 0 Å². The first-order chi connectivity index (χ1) is 12.1.